The minimum Gasteiger partial charge on any atom is -0.481 e. The molecule has 3 rings (SSSR count). The summed E-state index contributed by atoms with van der Waals surface area (Å²) in [5.41, 5.74) is 2.46. The van der Waals surface area contributed by atoms with Gasteiger partial charge < -0.3 is 10.1 Å². The molecule has 2 heterocycles. The number of carbonyl (C=O) groups excluding carboxylic acids is 3. The molecule has 1 unspecified atom stereocenters. The number of hydrogen-bond acceptors (Lipinski definition) is 5. The molecule has 1 aliphatic heterocycles. The number of imide groups is 1. The second-order valence-electron chi connectivity index (χ2n) is 6.57. The second-order valence-corrected chi connectivity index (χ2v) is 6.57. The van der Waals surface area contributed by atoms with Gasteiger partial charge in [-0.25, -0.2) is 9.78 Å². The molecule has 1 saturated heterocycles. The third-order valence-electron chi connectivity index (χ3n) is 4.56. The van der Waals surface area contributed by atoms with Gasteiger partial charge in [0.15, 0.2) is 0 Å². The Balaban J connectivity index is 1.62. The van der Waals surface area contributed by atoms with E-state index in [4.69, 9.17) is 4.74 Å². The summed E-state index contributed by atoms with van der Waals surface area (Å²) in [4.78, 5) is 43.9. The Kier molecular flexibility index (Phi) is 5.58. The quantitative estimate of drug-likeness (QED) is 0.770. The van der Waals surface area contributed by atoms with E-state index in [-0.39, 0.29) is 13.1 Å². The Bertz CT molecular complexity index is 880. The van der Waals surface area contributed by atoms with Crippen LogP contribution >= 0.6 is 0 Å². The number of aromatic nitrogens is 1. The number of ether oxygens (including phenoxy) is 1. The fourth-order valence-electron chi connectivity index (χ4n) is 2.95. The van der Waals surface area contributed by atoms with Crippen LogP contribution in [-0.2, 0) is 16.1 Å². The van der Waals surface area contributed by atoms with Crippen LogP contribution in [0, 0.1) is 6.92 Å². The highest BCUT2D eigenvalue weighted by Gasteiger charge is 2.43. The highest BCUT2D eigenvalue weighted by atomic mass is 16.5. The summed E-state index contributed by atoms with van der Waals surface area (Å²) in [6.45, 7) is 3.51. The van der Waals surface area contributed by atoms with Gasteiger partial charge in [0.2, 0.25) is 11.8 Å². The van der Waals surface area contributed by atoms with Crippen molar-refractivity contribution in [3.05, 3.63) is 53.7 Å². The Morgan fingerprint density at radius 3 is 2.50 bits per heavy atom. The summed E-state index contributed by atoms with van der Waals surface area (Å²) < 4.78 is 4.99. The Morgan fingerprint density at radius 2 is 1.89 bits per heavy atom. The van der Waals surface area contributed by atoms with Crippen molar-refractivity contribution >= 4 is 23.5 Å². The number of rotatable bonds is 6. The van der Waals surface area contributed by atoms with Crippen LogP contribution < -0.4 is 15.0 Å². The maximum Gasteiger partial charge on any atom is 0.332 e. The largest absolute Gasteiger partial charge is 0.481 e. The lowest BCUT2D eigenvalue weighted by Crippen LogP contribution is -2.41. The average molecular weight is 382 g/mol. The van der Waals surface area contributed by atoms with Crippen molar-refractivity contribution in [2.45, 2.75) is 26.4 Å². The van der Waals surface area contributed by atoms with Crippen LogP contribution in [0.5, 0.6) is 5.88 Å². The molecular formula is C20H22N4O4. The molecule has 8 heteroatoms. The lowest BCUT2D eigenvalue weighted by Gasteiger charge is -2.19. The number of methoxy groups -OCH3 is 1. The number of anilines is 1. The van der Waals surface area contributed by atoms with E-state index < -0.39 is 23.9 Å². The first kappa shape index (κ1) is 19.3. The summed E-state index contributed by atoms with van der Waals surface area (Å²) in [7, 11) is 1.52. The minimum atomic E-state index is -0.659. The molecule has 0 spiro atoms. The van der Waals surface area contributed by atoms with Crippen molar-refractivity contribution in [1.29, 1.82) is 0 Å². The van der Waals surface area contributed by atoms with Crippen LogP contribution in [0.3, 0.4) is 0 Å². The predicted octanol–water partition coefficient (Wildman–Crippen LogP) is 1.87. The van der Waals surface area contributed by atoms with Gasteiger partial charge in [-0.2, -0.15) is 0 Å². The maximum absolute atomic E-state index is 12.7. The number of urea groups is 1. The third-order valence-corrected chi connectivity index (χ3v) is 4.56. The summed E-state index contributed by atoms with van der Waals surface area (Å²) in [5, 5.41) is 2.70. The molecule has 1 aliphatic rings. The molecule has 1 aromatic carbocycles. The number of aryl methyl sites for hydroxylation is 1. The van der Waals surface area contributed by atoms with Crippen LogP contribution in [0.15, 0.2) is 42.6 Å². The summed E-state index contributed by atoms with van der Waals surface area (Å²) in [6.07, 6.45) is 1.59. The van der Waals surface area contributed by atoms with E-state index in [9.17, 15) is 14.4 Å². The van der Waals surface area contributed by atoms with E-state index >= 15 is 0 Å². The van der Waals surface area contributed by atoms with Crippen molar-refractivity contribution in [2.75, 3.05) is 18.6 Å². The molecule has 8 nitrogen and oxygen atoms in total. The lowest BCUT2D eigenvalue weighted by molar-refractivity contribution is -0.131. The Morgan fingerprint density at radius 1 is 1.18 bits per heavy atom. The molecule has 1 fully saturated rings. The van der Waals surface area contributed by atoms with Gasteiger partial charge in [0.25, 0.3) is 5.91 Å². The van der Waals surface area contributed by atoms with Gasteiger partial charge in [-0.15, -0.1) is 0 Å². The van der Waals surface area contributed by atoms with Crippen molar-refractivity contribution in [3.63, 3.8) is 0 Å². The molecule has 0 bridgehead atoms. The Hall–Kier alpha value is -3.42. The van der Waals surface area contributed by atoms with Crippen molar-refractivity contribution in [3.8, 4) is 5.88 Å². The first-order chi connectivity index (χ1) is 13.4. The molecule has 28 heavy (non-hydrogen) atoms. The zero-order chi connectivity index (χ0) is 20.3. The van der Waals surface area contributed by atoms with Crippen molar-refractivity contribution in [1.82, 2.24) is 15.2 Å². The number of benzene rings is 1. The normalized spacial score (nSPS) is 16.5. The van der Waals surface area contributed by atoms with Crippen molar-refractivity contribution < 1.29 is 19.1 Å². The van der Waals surface area contributed by atoms with Crippen LogP contribution in [0.25, 0.3) is 0 Å². The molecule has 1 aromatic heterocycles. The third kappa shape index (κ3) is 3.95. The van der Waals surface area contributed by atoms with Gasteiger partial charge in [-0.05, 0) is 31.5 Å². The minimum absolute atomic E-state index is 0.239. The van der Waals surface area contributed by atoms with Crippen LogP contribution in [0.4, 0.5) is 10.5 Å². The number of nitrogens with one attached hydrogen (secondary N) is 1. The van der Waals surface area contributed by atoms with Gasteiger partial charge in [0.1, 0.15) is 12.6 Å². The lowest BCUT2D eigenvalue weighted by atomic mass is 10.2. The number of amides is 4. The standard InChI is InChI=1S/C20H22N4O4/c1-13-4-7-16(8-5-13)24-14(2)19(26)23(20(24)27)12-17(25)21-10-15-6-9-18(28-3)22-11-15/h4-9,11,14H,10,12H2,1-3H3,(H,21,25). The molecule has 0 radical (unpaired) electrons. The van der Waals surface area contributed by atoms with Crippen molar-refractivity contribution in [2.24, 2.45) is 0 Å². The van der Waals surface area contributed by atoms with E-state index in [1.54, 1.807) is 37.4 Å². The van der Waals surface area contributed by atoms with Gasteiger partial charge in [-0.1, -0.05) is 23.8 Å². The fraction of sp³-hybridized carbons (Fsp3) is 0.300. The van der Waals surface area contributed by atoms with Gasteiger partial charge >= 0.3 is 6.03 Å². The van der Waals surface area contributed by atoms with E-state index in [0.29, 0.717) is 11.6 Å². The fourth-order valence-corrected chi connectivity index (χ4v) is 2.95. The van der Waals surface area contributed by atoms with E-state index in [1.165, 1.54) is 12.0 Å². The van der Waals surface area contributed by atoms with Crippen LogP contribution in [0.2, 0.25) is 0 Å². The highest BCUT2D eigenvalue weighted by molar-refractivity contribution is 6.15. The van der Waals surface area contributed by atoms with E-state index in [1.807, 2.05) is 19.1 Å². The van der Waals surface area contributed by atoms with Gasteiger partial charge in [-0.3, -0.25) is 19.4 Å². The molecule has 0 aliphatic carbocycles. The Labute approximate surface area is 163 Å². The molecular weight excluding hydrogens is 360 g/mol. The smallest absolute Gasteiger partial charge is 0.332 e. The van der Waals surface area contributed by atoms with Gasteiger partial charge in [0, 0.05) is 24.5 Å². The molecule has 2 aromatic rings. The molecule has 0 saturated carbocycles. The monoisotopic (exact) mass is 382 g/mol. The zero-order valence-corrected chi connectivity index (χ0v) is 16.0. The summed E-state index contributed by atoms with van der Waals surface area (Å²) in [5.74, 6) is -0.337. The summed E-state index contributed by atoms with van der Waals surface area (Å²) in [6, 6.07) is 9.64. The maximum atomic E-state index is 12.7. The van der Waals surface area contributed by atoms with E-state index in [0.717, 1.165) is 16.0 Å². The van der Waals surface area contributed by atoms with E-state index in [2.05, 4.69) is 10.3 Å². The highest BCUT2D eigenvalue weighted by Crippen LogP contribution is 2.25. The SMILES string of the molecule is COc1ccc(CNC(=O)CN2C(=O)C(C)N(c3ccc(C)cc3)C2=O)cn1. The second kappa shape index (κ2) is 8.08. The number of pyridine rings is 1. The average Bonchev–Trinajstić information content (AvgIpc) is 2.91. The number of hydrogen-bond donors (Lipinski definition) is 1. The molecule has 146 valence electrons. The number of nitrogens with zero attached hydrogens (tertiary/aromatic N) is 3. The molecule has 4 amide bonds. The first-order valence-corrected chi connectivity index (χ1v) is 8.87. The van der Waals surface area contributed by atoms with Crippen LogP contribution in [-0.4, -0.2) is 47.4 Å². The summed E-state index contributed by atoms with van der Waals surface area (Å²) >= 11 is 0. The van der Waals surface area contributed by atoms with Crippen LogP contribution in [0.1, 0.15) is 18.1 Å². The topological polar surface area (TPSA) is 91.8 Å². The predicted molar refractivity (Wildman–Crippen MR) is 103 cm³/mol. The van der Waals surface area contributed by atoms with Gasteiger partial charge in [0.05, 0.1) is 7.11 Å². The first-order valence-electron chi connectivity index (χ1n) is 8.87. The molecule has 1 N–H and O–H groups in total. The zero-order valence-electron chi connectivity index (χ0n) is 16.0. The number of carbonyl (C=O) groups is 3. The molecule has 1 atom stereocenters.